The summed E-state index contributed by atoms with van der Waals surface area (Å²) in [5.74, 6) is 0.144. The lowest BCUT2D eigenvalue weighted by molar-refractivity contribution is -0.132. The average molecular weight is 370 g/mol. The average Bonchev–Trinajstić information content (AvgIpc) is 2.54. The van der Waals surface area contributed by atoms with Crippen LogP contribution in [0.4, 0.5) is 0 Å². The second kappa shape index (κ2) is 5.97. The standard InChI is InChI=1S/C20H20BrNO/c1-4-19(23)22-13-17(14-8-6-5-7-9-14)16-12-15(21)10-11-18(16)20(22,2)3/h4-12,17H,1,13H2,2-3H3/t17-/m0/s1. The van der Waals surface area contributed by atoms with Crippen LogP contribution >= 0.6 is 15.9 Å². The third-order valence-electron chi connectivity index (χ3n) is 4.73. The van der Waals surface area contributed by atoms with E-state index in [0.29, 0.717) is 6.54 Å². The lowest BCUT2D eigenvalue weighted by atomic mass is 9.76. The molecule has 0 N–H and O–H groups in total. The molecule has 0 aliphatic carbocycles. The number of amides is 1. The van der Waals surface area contributed by atoms with E-state index in [-0.39, 0.29) is 17.4 Å². The second-order valence-electron chi connectivity index (χ2n) is 6.41. The molecule has 1 amide bonds. The van der Waals surface area contributed by atoms with E-state index in [1.807, 2.05) is 29.2 Å². The second-order valence-corrected chi connectivity index (χ2v) is 7.32. The van der Waals surface area contributed by atoms with E-state index in [4.69, 9.17) is 0 Å². The molecule has 0 saturated carbocycles. The van der Waals surface area contributed by atoms with Gasteiger partial charge in [-0.1, -0.05) is 58.9 Å². The SMILES string of the molecule is C=CC(=O)N1C[C@@H](c2ccccc2)c2cc(Br)ccc2C1(C)C. The molecular weight excluding hydrogens is 350 g/mol. The molecule has 0 radical (unpaired) electrons. The normalized spacial score (nSPS) is 19.1. The predicted octanol–water partition coefficient (Wildman–Crippen LogP) is 4.84. The van der Waals surface area contributed by atoms with Gasteiger partial charge in [-0.25, -0.2) is 0 Å². The quantitative estimate of drug-likeness (QED) is 0.693. The summed E-state index contributed by atoms with van der Waals surface area (Å²) < 4.78 is 1.07. The summed E-state index contributed by atoms with van der Waals surface area (Å²) in [6.07, 6.45) is 1.41. The molecule has 1 aliphatic heterocycles. The molecule has 1 atom stereocenters. The van der Waals surface area contributed by atoms with Gasteiger partial charge >= 0.3 is 0 Å². The Morgan fingerprint density at radius 3 is 2.61 bits per heavy atom. The van der Waals surface area contributed by atoms with Crippen molar-refractivity contribution in [1.29, 1.82) is 0 Å². The Bertz CT molecular complexity index is 751. The lowest BCUT2D eigenvalue weighted by Gasteiger charge is -2.47. The highest BCUT2D eigenvalue weighted by Crippen LogP contribution is 2.43. The number of halogens is 1. The molecule has 1 aliphatic rings. The first-order chi connectivity index (χ1) is 10.9. The molecule has 23 heavy (non-hydrogen) atoms. The maximum absolute atomic E-state index is 12.4. The van der Waals surface area contributed by atoms with Gasteiger partial charge in [0.05, 0.1) is 5.54 Å². The summed E-state index contributed by atoms with van der Waals surface area (Å²) in [7, 11) is 0. The van der Waals surface area contributed by atoms with Crippen LogP contribution in [0, 0.1) is 0 Å². The smallest absolute Gasteiger partial charge is 0.246 e. The third-order valence-corrected chi connectivity index (χ3v) is 5.22. The Kier molecular flexibility index (Phi) is 4.15. The molecule has 3 rings (SSSR count). The molecule has 0 bridgehead atoms. The largest absolute Gasteiger partial charge is 0.329 e. The molecule has 0 unspecified atom stereocenters. The van der Waals surface area contributed by atoms with Gasteiger partial charge in [0.25, 0.3) is 0 Å². The Balaban J connectivity index is 2.20. The van der Waals surface area contributed by atoms with Crippen molar-refractivity contribution in [3.8, 4) is 0 Å². The van der Waals surface area contributed by atoms with Gasteiger partial charge in [-0.15, -0.1) is 0 Å². The fourth-order valence-electron chi connectivity index (χ4n) is 3.48. The van der Waals surface area contributed by atoms with Crippen molar-refractivity contribution in [2.75, 3.05) is 6.54 Å². The topological polar surface area (TPSA) is 20.3 Å². The number of nitrogens with zero attached hydrogens (tertiary/aromatic N) is 1. The number of hydrogen-bond donors (Lipinski definition) is 0. The summed E-state index contributed by atoms with van der Waals surface area (Å²) in [6, 6.07) is 16.7. The van der Waals surface area contributed by atoms with Crippen molar-refractivity contribution in [3.63, 3.8) is 0 Å². The van der Waals surface area contributed by atoms with Gasteiger partial charge in [-0.05, 0) is 48.7 Å². The van der Waals surface area contributed by atoms with Crippen LogP contribution in [0.3, 0.4) is 0 Å². The molecule has 0 spiro atoms. The monoisotopic (exact) mass is 369 g/mol. The third kappa shape index (κ3) is 2.74. The molecule has 2 nitrogen and oxygen atoms in total. The molecule has 2 aromatic carbocycles. The van der Waals surface area contributed by atoms with Crippen LogP contribution < -0.4 is 0 Å². The van der Waals surface area contributed by atoms with E-state index in [1.165, 1.54) is 22.8 Å². The molecule has 0 saturated heterocycles. The van der Waals surface area contributed by atoms with Gasteiger partial charge in [-0.2, -0.15) is 0 Å². The van der Waals surface area contributed by atoms with Gasteiger partial charge < -0.3 is 4.90 Å². The molecule has 2 aromatic rings. The van der Waals surface area contributed by atoms with Crippen molar-refractivity contribution in [3.05, 3.63) is 82.3 Å². The van der Waals surface area contributed by atoms with Crippen LogP contribution in [0.15, 0.2) is 65.7 Å². The number of benzene rings is 2. The van der Waals surface area contributed by atoms with E-state index in [1.54, 1.807) is 0 Å². The minimum atomic E-state index is -0.355. The highest BCUT2D eigenvalue weighted by Gasteiger charge is 2.40. The van der Waals surface area contributed by atoms with Crippen LogP contribution in [-0.2, 0) is 10.3 Å². The number of hydrogen-bond acceptors (Lipinski definition) is 1. The number of rotatable bonds is 2. The Hall–Kier alpha value is -1.87. The minimum absolute atomic E-state index is 0.0236. The van der Waals surface area contributed by atoms with Gasteiger partial charge in [-0.3, -0.25) is 4.79 Å². The zero-order valence-corrected chi connectivity index (χ0v) is 15.0. The van der Waals surface area contributed by atoms with E-state index < -0.39 is 0 Å². The van der Waals surface area contributed by atoms with E-state index in [0.717, 1.165) is 4.47 Å². The van der Waals surface area contributed by atoms with Crippen LogP contribution in [0.25, 0.3) is 0 Å². The molecular formula is C20H20BrNO. The highest BCUT2D eigenvalue weighted by molar-refractivity contribution is 9.10. The molecule has 0 aromatic heterocycles. The van der Waals surface area contributed by atoms with Crippen LogP contribution in [0.1, 0.15) is 36.5 Å². The summed E-state index contributed by atoms with van der Waals surface area (Å²) in [5, 5.41) is 0. The fourth-order valence-corrected chi connectivity index (χ4v) is 3.86. The minimum Gasteiger partial charge on any atom is -0.329 e. The van der Waals surface area contributed by atoms with Gasteiger partial charge in [0, 0.05) is 16.9 Å². The zero-order chi connectivity index (χ0) is 16.6. The first-order valence-electron chi connectivity index (χ1n) is 7.74. The Morgan fingerprint density at radius 2 is 1.96 bits per heavy atom. The van der Waals surface area contributed by atoms with Gasteiger partial charge in [0.2, 0.25) is 5.91 Å². The van der Waals surface area contributed by atoms with Gasteiger partial charge in [0.15, 0.2) is 0 Å². The summed E-state index contributed by atoms with van der Waals surface area (Å²) in [5.41, 5.74) is 3.34. The van der Waals surface area contributed by atoms with E-state index in [2.05, 4.69) is 60.6 Å². The van der Waals surface area contributed by atoms with Crippen molar-refractivity contribution in [2.45, 2.75) is 25.3 Å². The number of fused-ring (bicyclic) bond motifs is 1. The van der Waals surface area contributed by atoms with E-state index >= 15 is 0 Å². The fraction of sp³-hybridized carbons (Fsp3) is 0.250. The molecule has 3 heteroatoms. The van der Waals surface area contributed by atoms with Crippen LogP contribution in [0.2, 0.25) is 0 Å². The summed E-state index contributed by atoms with van der Waals surface area (Å²) in [4.78, 5) is 14.4. The number of carbonyl (C=O) groups is 1. The molecule has 1 heterocycles. The maximum atomic E-state index is 12.4. The maximum Gasteiger partial charge on any atom is 0.246 e. The Labute approximate surface area is 146 Å². The van der Waals surface area contributed by atoms with Crippen LogP contribution in [-0.4, -0.2) is 17.4 Å². The van der Waals surface area contributed by atoms with Crippen molar-refractivity contribution >= 4 is 21.8 Å². The predicted molar refractivity (Wildman–Crippen MR) is 97.4 cm³/mol. The van der Waals surface area contributed by atoms with Crippen molar-refractivity contribution in [2.24, 2.45) is 0 Å². The van der Waals surface area contributed by atoms with Crippen molar-refractivity contribution in [1.82, 2.24) is 4.90 Å². The van der Waals surface area contributed by atoms with Gasteiger partial charge in [0.1, 0.15) is 0 Å². The van der Waals surface area contributed by atoms with Crippen molar-refractivity contribution < 1.29 is 4.79 Å². The highest BCUT2D eigenvalue weighted by atomic mass is 79.9. The number of carbonyl (C=O) groups excluding carboxylic acids is 1. The first-order valence-corrected chi connectivity index (χ1v) is 8.53. The summed E-state index contributed by atoms with van der Waals surface area (Å²) in [6.45, 7) is 8.53. The first kappa shape index (κ1) is 16.0. The molecule has 0 fully saturated rings. The zero-order valence-electron chi connectivity index (χ0n) is 13.4. The summed E-state index contributed by atoms with van der Waals surface area (Å²) >= 11 is 3.59. The van der Waals surface area contributed by atoms with E-state index in [9.17, 15) is 4.79 Å². The lowest BCUT2D eigenvalue weighted by Crippen LogP contribution is -2.50. The Morgan fingerprint density at radius 1 is 1.26 bits per heavy atom. The molecule has 118 valence electrons. The van der Waals surface area contributed by atoms with Crippen LogP contribution in [0.5, 0.6) is 0 Å².